The number of methoxy groups -OCH3 is 1. The number of hydrogen-bond acceptors (Lipinski definition) is 15. The van der Waals surface area contributed by atoms with Crippen LogP contribution in [0.1, 0.15) is 108 Å². The van der Waals surface area contributed by atoms with Gasteiger partial charge in [-0.05, 0) is 89.2 Å². The van der Waals surface area contributed by atoms with E-state index in [1.165, 1.54) is 13.2 Å². The number of hydrogen-bond donors (Lipinski definition) is 4. The highest BCUT2D eigenvalue weighted by atomic mass is 16.7. The Kier molecular flexibility index (Phi) is 13.9. The van der Waals surface area contributed by atoms with Crippen LogP contribution in [0.5, 0.6) is 5.75 Å². The Labute approximate surface area is 384 Å². The molecule has 16 atom stereocenters. The van der Waals surface area contributed by atoms with Crippen molar-refractivity contribution in [3.63, 3.8) is 0 Å². The Balaban J connectivity index is 0.953. The standard InChI is InChI=1S/C50H64O16/c1-25-13-11-18-36(59-6)40(25)46(56)63-37-23-39(60-27(3)41(37)52)64-42-28(4)61-38(22-34(42)51)62-35-17-12-16-33-31(35)20-19-29-14-9-7-8-10-15-30-21-32(45(54)55)26(2)24-50(30)44(53)43(47(57)66-50)65-48(58)49(29,33)5/h10-11,13,15,18-21,26-31,33-35,37-39,41-42,51-53H,7-9,12,14,16-17,22-24H2,1-6H3,(H,54,55)/b15-10-. The summed E-state index contributed by atoms with van der Waals surface area (Å²) < 4.78 is 48.4. The van der Waals surface area contributed by atoms with Gasteiger partial charge in [-0.3, -0.25) is 4.79 Å². The smallest absolute Gasteiger partial charge is 0.379 e. The lowest BCUT2D eigenvalue weighted by Crippen LogP contribution is -2.56. The van der Waals surface area contributed by atoms with Crippen LogP contribution in [0.15, 0.2) is 65.7 Å². The van der Waals surface area contributed by atoms with Crippen LogP contribution in [0, 0.1) is 41.9 Å². The number of carbonyl (C=O) groups is 4. The Morgan fingerprint density at radius 2 is 1.65 bits per heavy atom. The molecule has 360 valence electrons. The first-order valence-corrected chi connectivity index (χ1v) is 23.5. The van der Waals surface area contributed by atoms with Crippen molar-refractivity contribution in [2.75, 3.05) is 7.11 Å². The van der Waals surface area contributed by atoms with Crippen molar-refractivity contribution in [3.8, 4) is 5.75 Å². The molecule has 0 amide bonds. The van der Waals surface area contributed by atoms with Crippen LogP contribution >= 0.6 is 0 Å². The number of ether oxygens (including phenoxy) is 8. The number of aryl methyl sites for hydroxylation is 1. The number of aliphatic carboxylic acids is 1. The minimum atomic E-state index is -1.62. The van der Waals surface area contributed by atoms with Crippen LogP contribution in [-0.2, 0) is 47.5 Å². The lowest BCUT2D eigenvalue weighted by atomic mass is 9.55. The third kappa shape index (κ3) is 8.84. The van der Waals surface area contributed by atoms with Crippen LogP contribution in [0.3, 0.4) is 0 Å². The lowest BCUT2D eigenvalue weighted by molar-refractivity contribution is -0.318. The normalized spacial score (nSPS) is 40.9. The van der Waals surface area contributed by atoms with Crippen LogP contribution < -0.4 is 4.74 Å². The first-order valence-electron chi connectivity index (χ1n) is 23.5. The van der Waals surface area contributed by atoms with E-state index >= 15 is 0 Å². The number of carboxylic acid groups (broad SMARTS) is 1. The highest BCUT2D eigenvalue weighted by Gasteiger charge is 2.60. The van der Waals surface area contributed by atoms with Gasteiger partial charge in [-0.15, -0.1) is 0 Å². The van der Waals surface area contributed by atoms with E-state index in [-0.39, 0.29) is 48.2 Å². The van der Waals surface area contributed by atoms with E-state index in [0.29, 0.717) is 37.0 Å². The van der Waals surface area contributed by atoms with Crippen molar-refractivity contribution in [2.24, 2.45) is 35.0 Å². The van der Waals surface area contributed by atoms with E-state index in [4.69, 9.17) is 37.9 Å². The van der Waals surface area contributed by atoms with Crippen molar-refractivity contribution < 1.29 is 77.5 Å². The van der Waals surface area contributed by atoms with Crippen molar-refractivity contribution in [1.29, 1.82) is 0 Å². The van der Waals surface area contributed by atoms with Crippen molar-refractivity contribution in [2.45, 2.75) is 160 Å². The molecule has 16 nitrogen and oxygen atoms in total. The number of fused-ring (bicyclic) bond motifs is 3. The van der Waals surface area contributed by atoms with Crippen molar-refractivity contribution in [3.05, 3.63) is 76.8 Å². The molecule has 1 aromatic carbocycles. The summed E-state index contributed by atoms with van der Waals surface area (Å²) in [5.74, 6) is -6.23. The maximum Gasteiger partial charge on any atom is 0.379 e. The number of carbonyl (C=O) groups excluding carboxylic acids is 3. The molecule has 0 radical (unpaired) electrons. The van der Waals surface area contributed by atoms with Crippen LogP contribution in [0.4, 0.5) is 0 Å². The molecule has 3 aliphatic carbocycles. The monoisotopic (exact) mass is 920 g/mol. The summed E-state index contributed by atoms with van der Waals surface area (Å²) in [7, 11) is 1.46. The second kappa shape index (κ2) is 19.2. The topological polar surface area (TPSA) is 223 Å². The van der Waals surface area contributed by atoms with E-state index < -0.39 is 114 Å². The number of aliphatic hydroxyl groups is 3. The van der Waals surface area contributed by atoms with Gasteiger partial charge in [0.1, 0.15) is 29.6 Å². The van der Waals surface area contributed by atoms with Crippen LogP contribution in [0.2, 0.25) is 0 Å². The van der Waals surface area contributed by atoms with Gasteiger partial charge in [-0.1, -0.05) is 62.3 Å². The maximum atomic E-state index is 14.8. The van der Waals surface area contributed by atoms with Gasteiger partial charge in [-0.2, -0.15) is 0 Å². The van der Waals surface area contributed by atoms with Gasteiger partial charge in [0, 0.05) is 36.7 Å². The predicted octanol–water partition coefficient (Wildman–Crippen LogP) is 6.31. The van der Waals surface area contributed by atoms with E-state index in [0.717, 1.165) is 19.3 Å². The number of carboxylic acids is 1. The first kappa shape index (κ1) is 47.9. The molecule has 1 aromatic rings. The Morgan fingerprint density at radius 3 is 2.39 bits per heavy atom. The molecule has 8 rings (SSSR count). The molecule has 2 saturated heterocycles. The lowest BCUT2D eigenvalue weighted by Gasteiger charge is -2.51. The third-order valence-corrected chi connectivity index (χ3v) is 15.3. The van der Waals surface area contributed by atoms with E-state index in [9.17, 15) is 39.6 Å². The predicted molar refractivity (Wildman–Crippen MR) is 233 cm³/mol. The van der Waals surface area contributed by atoms with Gasteiger partial charge in [0.25, 0.3) is 5.76 Å². The zero-order chi connectivity index (χ0) is 47.2. The van der Waals surface area contributed by atoms with Crippen molar-refractivity contribution in [1.82, 2.24) is 0 Å². The molecule has 7 aliphatic rings. The molecular formula is C50H64O16. The number of allylic oxidation sites excluding steroid dienone is 2. The SMILES string of the molecule is COc1cccc(C)c1C(=O)OC1CC(OC2C(O)CC(OC3CCCC4C3C=CC3CCCC/C=C\C5C=C(C(=O)O)C(C)CC56OC(=O)C(=C6O)OC(=O)C34C)OC2C)OC(C)C1O. The first-order chi connectivity index (χ1) is 31.5. The fourth-order valence-corrected chi connectivity index (χ4v) is 11.7. The van der Waals surface area contributed by atoms with Crippen molar-refractivity contribution >= 4 is 23.9 Å². The fourth-order valence-electron chi connectivity index (χ4n) is 11.7. The average Bonchev–Trinajstić information content (AvgIpc) is 3.49. The van der Waals surface area contributed by atoms with Gasteiger partial charge in [-0.25, -0.2) is 14.4 Å². The molecule has 4 heterocycles. The molecule has 16 heteroatoms. The van der Waals surface area contributed by atoms with E-state index in [1.807, 2.05) is 13.0 Å². The largest absolute Gasteiger partial charge is 0.505 e. The van der Waals surface area contributed by atoms with Gasteiger partial charge in [0.2, 0.25) is 0 Å². The molecule has 66 heavy (non-hydrogen) atoms. The van der Waals surface area contributed by atoms with Gasteiger partial charge >= 0.3 is 23.9 Å². The second-order valence-electron chi connectivity index (χ2n) is 19.4. The third-order valence-electron chi connectivity index (χ3n) is 15.3. The molecule has 16 unspecified atom stereocenters. The maximum absolute atomic E-state index is 14.8. The van der Waals surface area contributed by atoms with Crippen LogP contribution in [0.25, 0.3) is 0 Å². The molecule has 1 spiro atoms. The van der Waals surface area contributed by atoms with E-state index in [2.05, 4.69) is 12.2 Å². The van der Waals surface area contributed by atoms with Crippen LogP contribution in [-0.4, -0.2) is 112 Å². The summed E-state index contributed by atoms with van der Waals surface area (Å²) >= 11 is 0. The summed E-state index contributed by atoms with van der Waals surface area (Å²) in [6.45, 7) is 8.76. The number of esters is 3. The zero-order valence-electron chi connectivity index (χ0n) is 38.5. The molecule has 1 saturated carbocycles. The molecule has 2 bridgehead atoms. The summed E-state index contributed by atoms with van der Waals surface area (Å²) in [4.78, 5) is 53.8. The van der Waals surface area contributed by atoms with Gasteiger partial charge < -0.3 is 58.3 Å². The summed E-state index contributed by atoms with van der Waals surface area (Å²) in [6.07, 6.45) is 6.86. The molecule has 0 aromatic heterocycles. The summed E-state index contributed by atoms with van der Waals surface area (Å²) in [5, 5.41) is 44.2. The second-order valence-corrected chi connectivity index (χ2v) is 19.4. The Hall–Kier alpha value is -4.58. The van der Waals surface area contributed by atoms with Gasteiger partial charge in [0.15, 0.2) is 23.9 Å². The average molecular weight is 921 g/mol. The zero-order valence-corrected chi connectivity index (χ0v) is 38.5. The van der Waals surface area contributed by atoms with E-state index in [1.54, 1.807) is 52.0 Å². The Morgan fingerprint density at radius 1 is 0.894 bits per heavy atom. The minimum Gasteiger partial charge on any atom is -0.505 e. The summed E-state index contributed by atoms with van der Waals surface area (Å²) in [6, 6.07) is 5.20. The Bertz CT molecular complexity index is 2150. The summed E-state index contributed by atoms with van der Waals surface area (Å²) in [5.41, 5.74) is -1.68. The molecule has 4 aliphatic heterocycles. The molecule has 3 fully saturated rings. The quantitative estimate of drug-likeness (QED) is 0.128. The van der Waals surface area contributed by atoms with Gasteiger partial charge in [0.05, 0.1) is 36.9 Å². The highest BCUT2D eigenvalue weighted by molar-refractivity contribution is 5.95. The number of aliphatic hydroxyl groups excluding tert-OH is 3. The highest BCUT2D eigenvalue weighted by Crippen LogP contribution is 2.55. The number of rotatable bonds is 8. The molecule has 4 N–H and O–H groups in total. The minimum absolute atomic E-state index is 0.00168. The molecular weight excluding hydrogens is 857 g/mol. The fraction of sp³-hybridized carbons (Fsp3) is 0.640. The number of benzene rings is 1.